The Balaban J connectivity index is 1.50. The highest BCUT2D eigenvalue weighted by atomic mass is 32.2. The monoisotopic (exact) mass is 431 g/mol. The summed E-state index contributed by atoms with van der Waals surface area (Å²) in [7, 11) is 0. The zero-order chi connectivity index (χ0) is 22.1. The second-order valence-corrected chi connectivity index (χ2v) is 8.53. The lowest BCUT2D eigenvalue weighted by molar-refractivity contribution is -0.115. The highest BCUT2D eigenvalue weighted by Crippen LogP contribution is 2.24. The summed E-state index contributed by atoms with van der Waals surface area (Å²) < 4.78 is 5.76. The molecule has 1 aromatic heterocycles. The van der Waals surface area contributed by atoms with Gasteiger partial charge in [0.05, 0.1) is 5.56 Å². The van der Waals surface area contributed by atoms with Gasteiger partial charge in [-0.05, 0) is 60.9 Å². The Hall–Kier alpha value is -3.30. The molecular formula is C25H25N3O2S. The van der Waals surface area contributed by atoms with Crippen LogP contribution in [0, 0.1) is 17.2 Å². The summed E-state index contributed by atoms with van der Waals surface area (Å²) in [5.74, 6) is 2.43. The number of hydrogen-bond donors (Lipinski definition) is 1. The minimum Gasteiger partial charge on any atom is -0.457 e. The van der Waals surface area contributed by atoms with Crippen molar-refractivity contribution in [2.24, 2.45) is 5.92 Å². The largest absolute Gasteiger partial charge is 0.457 e. The van der Waals surface area contributed by atoms with Crippen LogP contribution in [-0.4, -0.2) is 16.6 Å². The number of rotatable bonds is 9. The van der Waals surface area contributed by atoms with Crippen LogP contribution in [0.15, 0.2) is 71.8 Å². The first kappa shape index (κ1) is 22.4. The molecule has 1 N–H and O–H groups in total. The number of hydrogen-bond acceptors (Lipinski definition) is 5. The van der Waals surface area contributed by atoms with E-state index in [1.54, 1.807) is 0 Å². The third-order valence-electron chi connectivity index (χ3n) is 4.34. The molecule has 0 radical (unpaired) electrons. The number of pyridine rings is 1. The van der Waals surface area contributed by atoms with Crippen molar-refractivity contribution in [2.45, 2.75) is 31.7 Å². The smallest absolute Gasteiger partial charge is 0.225 e. The van der Waals surface area contributed by atoms with Gasteiger partial charge >= 0.3 is 0 Å². The molecule has 158 valence electrons. The van der Waals surface area contributed by atoms with Crippen LogP contribution < -0.4 is 10.1 Å². The van der Waals surface area contributed by atoms with Gasteiger partial charge in [-0.2, -0.15) is 5.26 Å². The number of nitriles is 1. The number of carbonyl (C=O) groups is 1. The zero-order valence-electron chi connectivity index (χ0n) is 17.7. The van der Waals surface area contributed by atoms with Crippen molar-refractivity contribution in [1.29, 1.82) is 5.26 Å². The molecule has 0 aliphatic heterocycles. The predicted molar refractivity (Wildman–Crippen MR) is 124 cm³/mol. The Kier molecular flexibility index (Phi) is 8.08. The number of thioether (sulfide) groups is 1. The van der Waals surface area contributed by atoms with Crippen molar-refractivity contribution in [1.82, 2.24) is 4.98 Å². The number of ether oxygens (including phenoxy) is 1. The number of carbonyl (C=O) groups excluding carboxylic acids is 1. The first-order chi connectivity index (χ1) is 15.0. The third-order valence-corrected chi connectivity index (χ3v) is 5.33. The van der Waals surface area contributed by atoms with E-state index in [-0.39, 0.29) is 5.91 Å². The van der Waals surface area contributed by atoms with Gasteiger partial charge in [0.15, 0.2) is 0 Å². The first-order valence-corrected chi connectivity index (χ1v) is 11.2. The van der Waals surface area contributed by atoms with E-state index in [1.165, 1.54) is 11.8 Å². The molecule has 0 bridgehead atoms. The minimum absolute atomic E-state index is 0.0823. The van der Waals surface area contributed by atoms with Gasteiger partial charge in [-0.15, -0.1) is 11.8 Å². The molecule has 0 saturated carbocycles. The lowest BCUT2D eigenvalue weighted by atomic mass is 10.1. The number of nitrogens with one attached hydrogen (secondary N) is 1. The van der Waals surface area contributed by atoms with Crippen LogP contribution in [0.25, 0.3) is 0 Å². The lowest BCUT2D eigenvalue weighted by Gasteiger charge is -2.09. The molecule has 0 fully saturated rings. The summed E-state index contributed by atoms with van der Waals surface area (Å²) in [5, 5.41) is 12.9. The van der Waals surface area contributed by atoms with Gasteiger partial charge in [-0.3, -0.25) is 4.79 Å². The number of amides is 1. The normalized spacial score (nSPS) is 10.5. The van der Waals surface area contributed by atoms with E-state index >= 15 is 0 Å². The fourth-order valence-electron chi connectivity index (χ4n) is 2.90. The van der Waals surface area contributed by atoms with Crippen LogP contribution in [0.3, 0.4) is 0 Å². The van der Waals surface area contributed by atoms with E-state index in [0.717, 1.165) is 17.9 Å². The molecule has 0 aliphatic rings. The minimum atomic E-state index is -0.0823. The fraction of sp³-hybridized carbons (Fsp3) is 0.240. The van der Waals surface area contributed by atoms with Gasteiger partial charge in [0.2, 0.25) is 5.91 Å². The average molecular weight is 432 g/mol. The second-order valence-electron chi connectivity index (χ2n) is 7.45. The zero-order valence-corrected chi connectivity index (χ0v) is 18.5. The number of benzene rings is 2. The van der Waals surface area contributed by atoms with Gasteiger partial charge in [0, 0.05) is 23.6 Å². The maximum atomic E-state index is 12.3. The average Bonchev–Trinajstić information content (AvgIpc) is 2.76. The first-order valence-electron chi connectivity index (χ1n) is 10.2. The molecule has 2 aromatic carbocycles. The summed E-state index contributed by atoms with van der Waals surface area (Å²) in [5.41, 5.74) is 2.23. The lowest BCUT2D eigenvalue weighted by Crippen LogP contribution is -2.12. The summed E-state index contributed by atoms with van der Waals surface area (Å²) in [6, 6.07) is 22.7. The molecule has 0 saturated heterocycles. The van der Waals surface area contributed by atoms with E-state index in [4.69, 9.17) is 4.74 Å². The van der Waals surface area contributed by atoms with Crippen LogP contribution in [0.1, 0.15) is 31.5 Å². The molecule has 0 aliphatic carbocycles. The molecule has 0 atom stereocenters. The summed E-state index contributed by atoms with van der Waals surface area (Å²) in [6.45, 7) is 4.27. The van der Waals surface area contributed by atoms with Gasteiger partial charge in [0.1, 0.15) is 22.6 Å². The molecule has 1 heterocycles. The van der Waals surface area contributed by atoms with Crippen LogP contribution in [0.5, 0.6) is 11.5 Å². The van der Waals surface area contributed by atoms with E-state index < -0.39 is 0 Å². The van der Waals surface area contributed by atoms with Crippen molar-refractivity contribution in [2.75, 3.05) is 11.1 Å². The Labute approximate surface area is 187 Å². The maximum Gasteiger partial charge on any atom is 0.225 e. The van der Waals surface area contributed by atoms with Crippen LogP contribution in [-0.2, 0) is 11.2 Å². The van der Waals surface area contributed by atoms with Gasteiger partial charge < -0.3 is 10.1 Å². The van der Waals surface area contributed by atoms with Gasteiger partial charge in [-0.25, -0.2) is 4.98 Å². The molecule has 1 amide bonds. The molecule has 6 heteroatoms. The summed E-state index contributed by atoms with van der Waals surface area (Å²) in [4.78, 5) is 16.9. The molecular weight excluding hydrogens is 406 g/mol. The standard InChI is InChI=1S/C25H25N3O2S/c1-18(2)16-21-9-8-19(17-26)25(28-21)31-15-14-24(29)27-20-10-12-23(13-11-20)30-22-6-4-3-5-7-22/h3-13,18H,14-16H2,1-2H3,(H,27,29). The van der Waals surface area contributed by atoms with Crippen LogP contribution in [0.2, 0.25) is 0 Å². The molecule has 0 spiro atoms. The maximum absolute atomic E-state index is 12.3. The summed E-state index contributed by atoms with van der Waals surface area (Å²) >= 11 is 1.44. The molecule has 5 nitrogen and oxygen atoms in total. The fourth-order valence-corrected chi connectivity index (χ4v) is 3.83. The van der Waals surface area contributed by atoms with Crippen molar-refractivity contribution in [3.05, 3.63) is 78.0 Å². The Morgan fingerprint density at radius 3 is 2.45 bits per heavy atom. The van der Waals surface area contributed by atoms with Crippen molar-refractivity contribution >= 4 is 23.4 Å². The van der Waals surface area contributed by atoms with E-state index in [1.807, 2.05) is 66.7 Å². The Morgan fingerprint density at radius 2 is 1.77 bits per heavy atom. The highest BCUT2D eigenvalue weighted by molar-refractivity contribution is 7.99. The topological polar surface area (TPSA) is 75.0 Å². The summed E-state index contributed by atoms with van der Waals surface area (Å²) in [6.07, 6.45) is 1.19. The number of anilines is 1. The second kappa shape index (κ2) is 11.2. The van der Waals surface area contributed by atoms with E-state index in [2.05, 4.69) is 30.2 Å². The number of nitrogens with zero attached hydrogens (tertiary/aromatic N) is 2. The molecule has 0 unspecified atom stereocenters. The van der Waals surface area contributed by atoms with Crippen LogP contribution >= 0.6 is 11.8 Å². The Bertz CT molecular complexity index is 1040. The van der Waals surface area contributed by atoms with E-state index in [9.17, 15) is 10.1 Å². The molecule has 3 rings (SSSR count). The predicted octanol–water partition coefficient (Wildman–Crippen LogP) is 6.06. The van der Waals surface area contributed by atoms with Crippen molar-refractivity contribution < 1.29 is 9.53 Å². The van der Waals surface area contributed by atoms with Crippen molar-refractivity contribution in [3.8, 4) is 17.6 Å². The van der Waals surface area contributed by atoms with Gasteiger partial charge in [0.25, 0.3) is 0 Å². The molecule has 3 aromatic rings. The van der Waals surface area contributed by atoms with Crippen molar-refractivity contribution in [3.63, 3.8) is 0 Å². The highest BCUT2D eigenvalue weighted by Gasteiger charge is 2.10. The van der Waals surface area contributed by atoms with E-state index in [0.29, 0.717) is 40.1 Å². The Morgan fingerprint density at radius 1 is 1.06 bits per heavy atom. The third kappa shape index (κ3) is 7.16. The number of para-hydroxylation sites is 1. The SMILES string of the molecule is CC(C)Cc1ccc(C#N)c(SCCC(=O)Nc2ccc(Oc3ccccc3)cc2)n1. The van der Waals surface area contributed by atoms with Crippen LogP contribution in [0.4, 0.5) is 5.69 Å². The quantitative estimate of drug-likeness (QED) is 0.417. The number of aromatic nitrogens is 1. The van der Waals surface area contributed by atoms with Gasteiger partial charge in [-0.1, -0.05) is 32.0 Å². The molecule has 31 heavy (non-hydrogen) atoms.